The molecule has 4 aromatic rings. The van der Waals surface area contributed by atoms with Crippen LogP contribution in [-0.2, 0) is 20.9 Å². The highest BCUT2D eigenvalue weighted by Gasteiger charge is 2.44. The van der Waals surface area contributed by atoms with Crippen LogP contribution in [0.3, 0.4) is 0 Å². The van der Waals surface area contributed by atoms with E-state index in [0.29, 0.717) is 24.2 Å². The first-order valence-electron chi connectivity index (χ1n) is 9.87. The standard InChI is InChI=1S/C20H22N6O5/c21-18-15-19(24-9-23-18)26(10-25-15)20-17(28)16(27)14(31-20)8-30-29-6-5-11-7-22-13-4-2-1-3-12(11)13/h1-4,7,9-10,14,16-17,20,22,27-28H,5-6,8H2,(H2,21,23,24)/t14-,16-,17-,20-/m1/s1. The molecule has 31 heavy (non-hydrogen) atoms. The molecule has 0 spiro atoms. The zero-order valence-electron chi connectivity index (χ0n) is 16.5. The van der Waals surface area contributed by atoms with Gasteiger partial charge in [0, 0.05) is 23.5 Å². The highest BCUT2D eigenvalue weighted by Crippen LogP contribution is 2.32. The molecule has 5 rings (SSSR count). The molecular weight excluding hydrogens is 404 g/mol. The van der Waals surface area contributed by atoms with Crippen molar-refractivity contribution in [3.63, 3.8) is 0 Å². The number of ether oxygens (including phenoxy) is 1. The van der Waals surface area contributed by atoms with Gasteiger partial charge in [-0.05, 0) is 11.6 Å². The molecule has 0 amide bonds. The van der Waals surface area contributed by atoms with Gasteiger partial charge in [-0.15, -0.1) is 0 Å². The monoisotopic (exact) mass is 426 g/mol. The van der Waals surface area contributed by atoms with Crippen molar-refractivity contribution in [1.29, 1.82) is 0 Å². The largest absolute Gasteiger partial charge is 0.387 e. The molecule has 162 valence electrons. The molecular formula is C20H22N6O5. The molecule has 0 bridgehead atoms. The first-order chi connectivity index (χ1) is 15.1. The van der Waals surface area contributed by atoms with Crippen molar-refractivity contribution < 1.29 is 24.7 Å². The smallest absolute Gasteiger partial charge is 0.167 e. The summed E-state index contributed by atoms with van der Waals surface area (Å²) in [5.74, 6) is 0.222. The predicted molar refractivity (Wildman–Crippen MR) is 110 cm³/mol. The number of imidazole rings is 1. The van der Waals surface area contributed by atoms with E-state index in [0.717, 1.165) is 16.5 Å². The molecule has 0 aliphatic carbocycles. The zero-order valence-corrected chi connectivity index (χ0v) is 16.5. The zero-order chi connectivity index (χ0) is 21.4. The van der Waals surface area contributed by atoms with Crippen molar-refractivity contribution >= 4 is 27.9 Å². The number of nitrogens with one attached hydrogen (secondary N) is 1. The minimum atomic E-state index is -1.20. The lowest BCUT2D eigenvalue weighted by molar-refractivity contribution is -0.309. The SMILES string of the molecule is Nc1ncnc2c1ncn2[C@@H]1O[C@H](COOCCc2c[nH]c3ccccc23)[C@@H](O)[C@H]1O. The molecule has 11 heteroatoms. The number of aromatic nitrogens is 5. The highest BCUT2D eigenvalue weighted by molar-refractivity contribution is 5.83. The number of rotatable bonds is 7. The fraction of sp³-hybridized carbons (Fsp3) is 0.350. The van der Waals surface area contributed by atoms with Crippen LogP contribution in [0.15, 0.2) is 43.1 Å². The molecule has 1 aliphatic rings. The number of nitrogens with zero attached hydrogens (tertiary/aromatic N) is 4. The van der Waals surface area contributed by atoms with Crippen LogP contribution < -0.4 is 5.73 Å². The molecule has 5 N–H and O–H groups in total. The van der Waals surface area contributed by atoms with Crippen molar-refractivity contribution in [1.82, 2.24) is 24.5 Å². The highest BCUT2D eigenvalue weighted by atomic mass is 17.2. The van der Waals surface area contributed by atoms with E-state index < -0.39 is 24.5 Å². The number of nitrogen functional groups attached to an aromatic ring is 1. The minimum absolute atomic E-state index is 0.0492. The number of benzene rings is 1. The van der Waals surface area contributed by atoms with Gasteiger partial charge < -0.3 is 25.7 Å². The number of para-hydroxylation sites is 1. The summed E-state index contributed by atoms with van der Waals surface area (Å²) < 4.78 is 7.31. The molecule has 11 nitrogen and oxygen atoms in total. The van der Waals surface area contributed by atoms with E-state index in [1.807, 2.05) is 30.5 Å². The van der Waals surface area contributed by atoms with Crippen molar-refractivity contribution in [2.24, 2.45) is 0 Å². The van der Waals surface area contributed by atoms with E-state index in [2.05, 4.69) is 19.9 Å². The van der Waals surface area contributed by atoms with Gasteiger partial charge in [0.1, 0.15) is 36.8 Å². The van der Waals surface area contributed by atoms with Crippen LogP contribution in [0.25, 0.3) is 22.1 Å². The summed E-state index contributed by atoms with van der Waals surface area (Å²) >= 11 is 0. The number of aliphatic hydroxyl groups is 2. The quantitative estimate of drug-likeness (QED) is 0.190. The third-order valence-corrected chi connectivity index (χ3v) is 5.44. The summed E-state index contributed by atoms with van der Waals surface area (Å²) in [6, 6.07) is 8.03. The van der Waals surface area contributed by atoms with Gasteiger partial charge in [-0.1, -0.05) is 18.2 Å². The van der Waals surface area contributed by atoms with Crippen LogP contribution in [0.1, 0.15) is 11.8 Å². The van der Waals surface area contributed by atoms with Crippen LogP contribution in [0.5, 0.6) is 0 Å². The number of anilines is 1. The molecule has 0 radical (unpaired) electrons. The van der Waals surface area contributed by atoms with E-state index in [4.69, 9.17) is 20.2 Å². The van der Waals surface area contributed by atoms with Gasteiger partial charge in [-0.25, -0.2) is 24.7 Å². The molecule has 4 heterocycles. The van der Waals surface area contributed by atoms with Crippen LogP contribution in [0, 0.1) is 0 Å². The molecule has 3 aromatic heterocycles. The number of fused-ring (bicyclic) bond motifs is 2. The molecule has 1 aromatic carbocycles. The van der Waals surface area contributed by atoms with Gasteiger partial charge in [0.25, 0.3) is 0 Å². The minimum Gasteiger partial charge on any atom is -0.387 e. The topological polar surface area (TPSA) is 154 Å². The summed E-state index contributed by atoms with van der Waals surface area (Å²) in [6.07, 6.45) is 1.30. The number of hydrogen-bond acceptors (Lipinski definition) is 9. The van der Waals surface area contributed by atoms with Crippen LogP contribution in [0.4, 0.5) is 5.82 Å². The third-order valence-electron chi connectivity index (χ3n) is 5.44. The maximum atomic E-state index is 10.5. The van der Waals surface area contributed by atoms with Crippen molar-refractivity contribution in [2.75, 3.05) is 18.9 Å². The van der Waals surface area contributed by atoms with E-state index in [9.17, 15) is 10.2 Å². The first kappa shape index (κ1) is 19.8. The lowest BCUT2D eigenvalue weighted by Gasteiger charge is -2.16. The maximum Gasteiger partial charge on any atom is 0.167 e. The number of nitrogens with two attached hydrogens (primary N) is 1. The lowest BCUT2D eigenvalue weighted by Crippen LogP contribution is -2.33. The Bertz CT molecular complexity index is 1190. The molecule has 1 aliphatic heterocycles. The fourth-order valence-corrected chi connectivity index (χ4v) is 3.82. The van der Waals surface area contributed by atoms with E-state index in [1.165, 1.54) is 17.2 Å². The number of aliphatic hydroxyl groups excluding tert-OH is 2. The number of H-pyrrole nitrogens is 1. The van der Waals surface area contributed by atoms with E-state index >= 15 is 0 Å². The Kier molecular flexibility index (Phi) is 5.26. The predicted octanol–water partition coefficient (Wildman–Crippen LogP) is 0.700. The molecule has 4 atom stereocenters. The second kappa shape index (κ2) is 8.21. The summed E-state index contributed by atoms with van der Waals surface area (Å²) in [5, 5.41) is 22.0. The Balaban J connectivity index is 1.16. The van der Waals surface area contributed by atoms with Crippen molar-refractivity contribution in [3.05, 3.63) is 48.7 Å². The van der Waals surface area contributed by atoms with Gasteiger partial charge in [-0.3, -0.25) is 4.57 Å². The van der Waals surface area contributed by atoms with Gasteiger partial charge in [0.05, 0.1) is 12.9 Å². The van der Waals surface area contributed by atoms with Crippen molar-refractivity contribution in [3.8, 4) is 0 Å². The Morgan fingerprint density at radius 1 is 1.13 bits per heavy atom. The summed E-state index contributed by atoms with van der Waals surface area (Å²) in [4.78, 5) is 25.9. The van der Waals surface area contributed by atoms with Gasteiger partial charge in [-0.2, -0.15) is 0 Å². The summed E-state index contributed by atoms with van der Waals surface area (Å²) in [5.41, 5.74) is 8.79. The molecule has 1 fully saturated rings. The fourth-order valence-electron chi connectivity index (χ4n) is 3.82. The Hall–Kier alpha value is -3.09. The molecule has 0 unspecified atom stereocenters. The van der Waals surface area contributed by atoms with Crippen molar-refractivity contribution in [2.45, 2.75) is 31.0 Å². The average Bonchev–Trinajstić information content (AvgIpc) is 3.46. The molecule has 0 saturated carbocycles. The van der Waals surface area contributed by atoms with Gasteiger partial charge in [0.15, 0.2) is 17.7 Å². The maximum absolute atomic E-state index is 10.5. The summed E-state index contributed by atoms with van der Waals surface area (Å²) in [7, 11) is 0. The third kappa shape index (κ3) is 3.62. The Labute approximate surface area is 176 Å². The average molecular weight is 426 g/mol. The first-order valence-corrected chi connectivity index (χ1v) is 9.87. The Morgan fingerprint density at radius 3 is 2.90 bits per heavy atom. The normalized spacial score (nSPS) is 23.8. The number of aromatic amines is 1. The lowest BCUT2D eigenvalue weighted by atomic mass is 10.1. The van der Waals surface area contributed by atoms with Gasteiger partial charge in [0.2, 0.25) is 0 Å². The van der Waals surface area contributed by atoms with Crippen LogP contribution >= 0.6 is 0 Å². The Morgan fingerprint density at radius 2 is 2.00 bits per heavy atom. The number of hydrogen-bond donors (Lipinski definition) is 4. The second-order valence-electron chi connectivity index (χ2n) is 7.35. The molecule has 1 saturated heterocycles. The van der Waals surface area contributed by atoms with E-state index in [-0.39, 0.29) is 12.4 Å². The van der Waals surface area contributed by atoms with E-state index in [1.54, 1.807) is 0 Å². The second-order valence-corrected chi connectivity index (χ2v) is 7.35. The van der Waals surface area contributed by atoms with Crippen LogP contribution in [0.2, 0.25) is 0 Å². The summed E-state index contributed by atoms with van der Waals surface area (Å²) in [6.45, 7) is 0.283. The van der Waals surface area contributed by atoms with Crippen LogP contribution in [-0.4, -0.2) is 66.2 Å². The van der Waals surface area contributed by atoms with Gasteiger partial charge >= 0.3 is 0 Å².